The van der Waals surface area contributed by atoms with Crippen LogP contribution in [0.4, 0.5) is 45.5 Å². The van der Waals surface area contributed by atoms with E-state index in [1.807, 2.05) is 12.1 Å². The van der Waals surface area contributed by atoms with Crippen LogP contribution in [0.15, 0.2) is 181 Å². The van der Waals surface area contributed by atoms with Gasteiger partial charge in [-0.05, 0) is 97.6 Å². The van der Waals surface area contributed by atoms with E-state index in [0.717, 1.165) is 74.1 Å². The van der Waals surface area contributed by atoms with Gasteiger partial charge < -0.3 is 24.2 Å². The van der Waals surface area contributed by atoms with Crippen LogP contribution in [0.3, 0.4) is 0 Å². The Balaban J connectivity index is 1.28. The fourth-order valence-corrected chi connectivity index (χ4v) is 8.96. The first kappa shape index (κ1) is 30.0. The van der Waals surface area contributed by atoms with E-state index in [-0.39, 0.29) is 6.71 Å². The van der Waals surface area contributed by atoms with Gasteiger partial charge in [-0.3, -0.25) is 0 Å². The van der Waals surface area contributed by atoms with Crippen molar-refractivity contribution in [3.63, 3.8) is 0 Å². The lowest BCUT2D eigenvalue weighted by atomic mass is 9.34. The van der Waals surface area contributed by atoms with Crippen molar-refractivity contribution in [3.8, 4) is 17.2 Å². The molecule has 0 aromatic heterocycles. The molecule has 53 heavy (non-hydrogen) atoms. The number of hydrogen-bond acceptors (Lipinski definition) is 5. The van der Waals surface area contributed by atoms with Gasteiger partial charge in [0.25, 0.3) is 6.71 Å². The zero-order valence-corrected chi connectivity index (χ0v) is 29.4. The summed E-state index contributed by atoms with van der Waals surface area (Å²) >= 11 is 0. The molecule has 11 rings (SSSR count). The average Bonchev–Trinajstić information content (AvgIpc) is 3.20. The highest BCUT2D eigenvalue weighted by Gasteiger charge is 2.52. The SMILES string of the molecule is CC1(C)C2=C(Oc3ccccc31)B1c3ccccc3N(c3ccccc3)c3cc(N4c5ccccc5Oc5ccccc54)cc(c31)N2c1ccccc1. The standard InChI is InChI=1S/C47H34BN3O2/c1-47(2)34-21-9-14-26-41(34)53-46-45(47)51(32-19-7-4-8-20-32)40-30-33(50-37-24-12-15-27-42(37)52-43-28-16-13-25-38(43)50)29-39-44(40)48(46)35-22-10-11-23-36(35)49(39)31-17-5-3-6-18-31/h3-30H,1-2H3. The molecule has 4 aliphatic rings. The molecule has 0 aliphatic carbocycles. The summed E-state index contributed by atoms with van der Waals surface area (Å²) in [6, 6.07) is 60.3. The maximum Gasteiger partial charge on any atom is 0.296 e. The number of para-hydroxylation sites is 8. The molecule has 0 saturated heterocycles. The van der Waals surface area contributed by atoms with Crippen molar-refractivity contribution in [2.24, 2.45) is 0 Å². The Hall–Kier alpha value is -6.66. The molecule has 0 spiro atoms. The Bertz CT molecular complexity index is 2590. The minimum absolute atomic E-state index is 0.142. The predicted octanol–water partition coefficient (Wildman–Crippen LogP) is 10.9. The molecule has 0 N–H and O–H groups in total. The van der Waals surface area contributed by atoms with Crippen molar-refractivity contribution in [3.05, 3.63) is 187 Å². The van der Waals surface area contributed by atoms with Crippen LogP contribution in [0.25, 0.3) is 0 Å². The minimum Gasteiger partial charge on any atom is -0.469 e. The molecular weight excluding hydrogens is 649 g/mol. The quantitative estimate of drug-likeness (QED) is 0.173. The summed E-state index contributed by atoms with van der Waals surface area (Å²) in [5.74, 6) is 2.56. The van der Waals surface area contributed by atoms with Crippen molar-refractivity contribution in [2.45, 2.75) is 19.3 Å². The van der Waals surface area contributed by atoms with Crippen molar-refractivity contribution in [2.75, 3.05) is 14.7 Å². The number of allylic oxidation sites excluding steroid dienone is 1. The molecule has 0 atom stereocenters. The summed E-state index contributed by atoms with van der Waals surface area (Å²) < 4.78 is 13.7. The lowest BCUT2D eigenvalue weighted by Gasteiger charge is -2.50. The first-order valence-electron chi connectivity index (χ1n) is 18.2. The number of hydrogen-bond donors (Lipinski definition) is 0. The molecule has 6 heteroatoms. The van der Waals surface area contributed by atoms with E-state index in [4.69, 9.17) is 9.47 Å². The molecule has 0 saturated carbocycles. The lowest BCUT2D eigenvalue weighted by Crippen LogP contribution is -2.59. The number of benzene rings is 7. The van der Waals surface area contributed by atoms with Crippen LogP contribution in [0, 0.1) is 0 Å². The van der Waals surface area contributed by atoms with Gasteiger partial charge in [0.15, 0.2) is 11.5 Å². The van der Waals surface area contributed by atoms with E-state index in [0.29, 0.717) is 0 Å². The van der Waals surface area contributed by atoms with Crippen LogP contribution in [-0.4, -0.2) is 6.71 Å². The van der Waals surface area contributed by atoms with E-state index in [1.54, 1.807) is 0 Å². The Morgan fingerprint density at radius 2 is 0.925 bits per heavy atom. The second-order valence-corrected chi connectivity index (χ2v) is 14.5. The average molecular weight is 684 g/mol. The Labute approximate surface area is 309 Å². The Morgan fingerprint density at radius 1 is 0.434 bits per heavy atom. The molecule has 5 nitrogen and oxygen atoms in total. The third kappa shape index (κ3) is 4.26. The number of rotatable bonds is 3. The largest absolute Gasteiger partial charge is 0.469 e. The highest BCUT2D eigenvalue weighted by Crippen LogP contribution is 2.56. The summed E-state index contributed by atoms with van der Waals surface area (Å²) in [5, 5.41) is 0. The first-order valence-corrected chi connectivity index (χ1v) is 18.2. The maximum absolute atomic E-state index is 7.20. The van der Waals surface area contributed by atoms with E-state index >= 15 is 0 Å². The summed E-state index contributed by atoms with van der Waals surface area (Å²) in [4.78, 5) is 7.26. The van der Waals surface area contributed by atoms with Gasteiger partial charge in [-0.15, -0.1) is 0 Å². The predicted molar refractivity (Wildman–Crippen MR) is 217 cm³/mol. The van der Waals surface area contributed by atoms with Crippen LogP contribution in [-0.2, 0) is 5.41 Å². The zero-order chi connectivity index (χ0) is 35.3. The van der Waals surface area contributed by atoms with Gasteiger partial charge in [0.05, 0.1) is 28.4 Å². The maximum atomic E-state index is 7.20. The fraction of sp³-hybridized carbons (Fsp3) is 0.0638. The van der Waals surface area contributed by atoms with Crippen molar-refractivity contribution in [1.29, 1.82) is 0 Å². The highest BCUT2D eigenvalue weighted by atomic mass is 16.5. The summed E-state index contributed by atoms with van der Waals surface area (Å²) in [5.41, 5.74) is 13.9. The number of fused-ring (bicyclic) bond motifs is 6. The van der Waals surface area contributed by atoms with E-state index in [1.165, 1.54) is 16.5 Å². The third-order valence-corrected chi connectivity index (χ3v) is 11.2. The molecular formula is C47H34BN3O2. The molecule has 4 aliphatic heterocycles. The molecule has 7 aromatic rings. The summed E-state index contributed by atoms with van der Waals surface area (Å²) in [7, 11) is 0. The molecule has 252 valence electrons. The van der Waals surface area contributed by atoms with Gasteiger partial charge in [-0.1, -0.05) is 97.1 Å². The highest BCUT2D eigenvalue weighted by molar-refractivity contribution is 6.94. The van der Waals surface area contributed by atoms with E-state index in [9.17, 15) is 0 Å². The number of ether oxygens (including phenoxy) is 2. The van der Waals surface area contributed by atoms with Gasteiger partial charge in [0, 0.05) is 39.4 Å². The molecule has 0 unspecified atom stereocenters. The van der Waals surface area contributed by atoms with Crippen LogP contribution in [0.5, 0.6) is 17.2 Å². The van der Waals surface area contributed by atoms with E-state index in [2.05, 4.69) is 186 Å². The van der Waals surface area contributed by atoms with Crippen molar-refractivity contribution >= 4 is 63.1 Å². The third-order valence-electron chi connectivity index (χ3n) is 11.2. The molecule has 0 bridgehead atoms. The van der Waals surface area contributed by atoms with Crippen molar-refractivity contribution in [1.82, 2.24) is 0 Å². The van der Waals surface area contributed by atoms with Crippen LogP contribution >= 0.6 is 0 Å². The monoisotopic (exact) mass is 683 g/mol. The molecule has 0 fully saturated rings. The zero-order valence-electron chi connectivity index (χ0n) is 29.4. The molecule has 4 heterocycles. The molecule has 0 amide bonds. The van der Waals surface area contributed by atoms with Crippen LogP contribution in [0.2, 0.25) is 0 Å². The first-order chi connectivity index (χ1) is 26.1. The van der Waals surface area contributed by atoms with Gasteiger partial charge in [-0.25, -0.2) is 0 Å². The lowest BCUT2D eigenvalue weighted by molar-refractivity contribution is 0.391. The second-order valence-electron chi connectivity index (χ2n) is 14.5. The van der Waals surface area contributed by atoms with Crippen LogP contribution < -0.4 is 35.1 Å². The summed E-state index contributed by atoms with van der Waals surface area (Å²) in [6.07, 6.45) is 0. The van der Waals surface area contributed by atoms with Crippen molar-refractivity contribution < 1.29 is 9.47 Å². The van der Waals surface area contributed by atoms with Crippen LogP contribution in [0.1, 0.15) is 19.4 Å². The van der Waals surface area contributed by atoms with Gasteiger partial charge in [0.2, 0.25) is 0 Å². The Kier molecular flexibility index (Phi) is 6.33. The molecule has 0 radical (unpaired) electrons. The van der Waals surface area contributed by atoms with Gasteiger partial charge in [0.1, 0.15) is 5.75 Å². The topological polar surface area (TPSA) is 28.2 Å². The van der Waals surface area contributed by atoms with Gasteiger partial charge in [-0.2, -0.15) is 0 Å². The Morgan fingerprint density at radius 3 is 1.58 bits per heavy atom. The normalized spacial score (nSPS) is 15.6. The van der Waals surface area contributed by atoms with Gasteiger partial charge >= 0.3 is 0 Å². The second kappa shape index (κ2) is 11.2. The number of anilines is 8. The fourth-order valence-electron chi connectivity index (χ4n) is 8.96. The molecule has 7 aromatic carbocycles. The minimum atomic E-state index is -0.391. The summed E-state index contributed by atoms with van der Waals surface area (Å²) in [6.45, 7) is 4.54. The number of nitrogens with zero attached hydrogens (tertiary/aromatic N) is 3. The smallest absolute Gasteiger partial charge is 0.296 e. The van der Waals surface area contributed by atoms with E-state index < -0.39 is 5.41 Å².